The van der Waals surface area contributed by atoms with Gasteiger partial charge in [0.25, 0.3) is 0 Å². The van der Waals surface area contributed by atoms with Crippen molar-refractivity contribution in [3.05, 3.63) is 47.0 Å². The molecule has 2 rings (SSSR count). The molecule has 0 saturated heterocycles. The molecular weight excluding hydrogens is 328 g/mol. The lowest BCUT2D eigenvalue weighted by Crippen LogP contribution is -2.44. The van der Waals surface area contributed by atoms with Gasteiger partial charge in [-0.05, 0) is 26.8 Å². The fourth-order valence-electron chi connectivity index (χ4n) is 1.48. The zero-order valence-electron chi connectivity index (χ0n) is 13.9. The highest BCUT2D eigenvalue weighted by Crippen LogP contribution is 2.13. The minimum Gasteiger partial charge on any atom is -0.374 e. The monoisotopic (exact) mass is 344 g/mol. The third-order valence-corrected chi connectivity index (χ3v) is 3.35. The second kappa shape index (κ2) is 7.28. The molecule has 0 saturated carbocycles. The van der Waals surface area contributed by atoms with Crippen molar-refractivity contribution >= 4 is 17.7 Å². The number of aromatic nitrogens is 3. The Balaban J connectivity index is 2.05. The van der Waals surface area contributed by atoms with Gasteiger partial charge in [0.1, 0.15) is 0 Å². The Morgan fingerprint density at radius 1 is 1.12 bits per heavy atom. The molecule has 0 aliphatic rings. The van der Waals surface area contributed by atoms with Crippen molar-refractivity contribution in [2.24, 2.45) is 0 Å². The Kier molecular flexibility index (Phi) is 5.37. The molecule has 2 aromatic rings. The maximum Gasteiger partial charge on any atom is 0.417 e. The molecule has 124 valence electrons. The second-order valence-corrected chi connectivity index (χ2v) is 6.43. The number of hydrogen-bond acceptors (Lipinski definition) is 5. The molecule has 1 amide bonds. The molecule has 2 heterocycles. The van der Waals surface area contributed by atoms with Crippen LogP contribution in [0.5, 0.6) is 6.01 Å². The van der Waals surface area contributed by atoms with E-state index >= 15 is 0 Å². The van der Waals surface area contributed by atoms with Crippen LogP contribution in [0.2, 0.25) is 5.02 Å². The first kappa shape index (κ1) is 17.7. The lowest BCUT2D eigenvalue weighted by molar-refractivity contribution is 0.121. The van der Waals surface area contributed by atoms with Crippen molar-refractivity contribution in [3.63, 3.8) is 0 Å². The lowest BCUT2D eigenvalue weighted by atomic mass is 10.1. The highest BCUT2D eigenvalue weighted by Gasteiger charge is 2.24. The summed E-state index contributed by atoms with van der Waals surface area (Å²) in [5, 5.41) is 0.517. The molecule has 6 nitrogen and oxygen atoms in total. The zero-order chi connectivity index (χ0) is 17.7. The number of carbonyl (C=O) groups excluding carboxylic acids is 1. The largest absolute Gasteiger partial charge is 0.417 e. The van der Waals surface area contributed by atoms with Crippen molar-refractivity contribution in [3.8, 4) is 17.9 Å². The van der Waals surface area contributed by atoms with Crippen LogP contribution in [0, 0.1) is 11.8 Å². The number of pyridine rings is 1. The van der Waals surface area contributed by atoms with E-state index in [1.54, 1.807) is 19.3 Å². The average Bonchev–Trinajstić information content (AvgIpc) is 2.52. The van der Waals surface area contributed by atoms with Gasteiger partial charge in [-0.15, -0.1) is 0 Å². The molecule has 0 atom stereocenters. The molecule has 0 aliphatic heterocycles. The Bertz CT molecular complexity index is 789. The summed E-state index contributed by atoms with van der Waals surface area (Å²) in [5.41, 5.74) is 0.914. The molecule has 0 N–H and O–H groups in total. The predicted molar refractivity (Wildman–Crippen MR) is 90.8 cm³/mol. The van der Waals surface area contributed by atoms with Gasteiger partial charge in [-0.2, -0.15) is 0 Å². The fraction of sp³-hybridized carbons (Fsp3) is 0.294. The van der Waals surface area contributed by atoms with E-state index in [4.69, 9.17) is 16.3 Å². The van der Waals surface area contributed by atoms with E-state index in [0.29, 0.717) is 16.1 Å². The van der Waals surface area contributed by atoms with Crippen LogP contribution in [0.4, 0.5) is 4.79 Å². The first-order chi connectivity index (χ1) is 11.3. The Morgan fingerprint density at radius 2 is 1.75 bits per heavy atom. The quantitative estimate of drug-likeness (QED) is 0.743. The number of amides is 1. The zero-order valence-corrected chi connectivity index (χ0v) is 14.6. The third-order valence-electron chi connectivity index (χ3n) is 3.14. The fourth-order valence-corrected chi connectivity index (χ4v) is 1.65. The Labute approximate surface area is 145 Å². The van der Waals surface area contributed by atoms with Crippen LogP contribution >= 0.6 is 11.6 Å². The highest BCUT2D eigenvalue weighted by molar-refractivity contribution is 6.30. The minimum absolute atomic E-state index is 0.0222. The summed E-state index contributed by atoms with van der Waals surface area (Å²) in [6, 6.07) is 1.69. The van der Waals surface area contributed by atoms with Gasteiger partial charge in [-0.3, -0.25) is 4.98 Å². The number of carbonyl (C=O) groups is 1. The third kappa shape index (κ3) is 4.93. The lowest BCUT2D eigenvalue weighted by Gasteiger charge is -2.30. The maximum atomic E-state index is 12.0. The SMILES string of the molecule is CN(C(=O)Oc1ncc(C#Cc2cncc(Cl)c2)cn1)C(C)(C)C. The summed E-state index contributed by atoms with van der Waals surface area (Å²) in [6.07, 6.45) is 5.59. The second-order valence-electron chi connectivity index (χ2n) is 5.99. The molecular formula is C17H17ClN4O2. The number of ether oxygens (including phenoxy) is 1. The number of rotatable bonds is 1. The molecule has 2 aromatic heterocycles. The number of halogens is 1. The van der Waals surface area contributed by atoms with E-state index < -0.39 is 6.09 Å². The van der Waals surface area contributed by atoms with Crippen LogP contribution < -0.4 is 4.74 Å². The smallest absolute Gasteiger partial charge is 0.374 e. The highest BCUT2D eigenvalue weighted by atomic mass is 35.5. The van der Waals surface area contributed by atoms with Gasteiger partial charge in [0, 0.05) is 42.9 Å². The van der Waals surface area contributed by atoms with Crippen molar-refractivity contribution < 1.29 is 9.53 Å². The average molecular weight is 345 g/mol. The summed E-state index contributed by atoms with van der Waals surface area (Å²) in [7, 11) is 1.65. The molecule has 0 bridgehead atoms. The van der Waals surface area contributed by atoms with Gasteiger partial charge in [0.15, 0.2) is 0 Å². The van der Waals surface area contributed by atoms with Gasteiger partial charge in [0.2, 0.25) is 0 Å². The van der Waals surface area contributed by atoms with Crippen LogP contribution in [0.15, 0.2) is 30.9 Å². The summed E-state index contributed by atoms with van der Waals surface area (Å²) >= 11 is 5.85. The molecule has 0 radical (unpaired) electrons. The van der Waals surface area contributed by atoms with E-state index in [-0.39, 0.29) is 11.5 Å². The minimum atomic E-state index is -0.522. The van der Waals surface area contributed by atoms with Gasteiger partial charge >= 0.3 is 12.1 Å². The van der Waals surface area contributed by atoms with Crippen LogP contribution in [-0.4, -0.2) is 38.5 Å². The molecule has 0 spiro atoms. The maximum absolute atomic E-state index is 12.0. The Morgan fingerprint density at radius 3 is 2.33 bits per heavy atom. The van der Waals surface area contributed by atoms with Crippen LogP contribution in [0.3, 0.4) is 0 Å². The molecule has 24 heavy (non-hydrogen) atoms. The molecule has 0 aliphatic carbocycles. The molecule has 0 aromatic carbocycles. The summed E-state index contributed by atoms with van der Waals surface area (Å²) in [4.78, 5) is 25.4. The van der Waals surface area contributed by atoms with E-state index in [9.17, 15) is 4.79 Å². The number of nitrogens with zero attached hydrogens (tertiary/aromatic N) is 4. The normalized spacial score (nSPS) is 10.5. The van der Waals surface area contributed by atoms with Gasteiger partial charge in [-0.25, -0.2) is 14.8 Å². The molecule has 0 unspecified atom stereocenters. The summed E-state index contributed by atoms with van der Waals surface area (Å²) in [5.74, 6) is 5.80. The van der Waals surface area contributed by atoms with E-state index in [1.807, 2.05) is 20.8 Å². The topological polar surface area (TPSA) is 68.2 Å². The van der Waals surface area contributed by atoms with Gasteiger partial charge < -0.3 is 9.64 Å². The standard InChI is InChI=1S/C17H17ClN4O2/c1-17(2,3)22(4)16(23)24-15-20-9-13(10-21-15)6-5-12-7-14(18)11-19-8-12/h7-11H,1-4H3. The number of hydrogen-bond donors (Lipinski definition) is 0. The van der Waals surface area contributed by atoms with E-state index in [2.05, 4.69) is 26.8 Å². The van der Waals surface area contributed by atoms with Crippen LogP contribution in [0.25, 0.3) is 0 Å². The van der Waals surface area contributed by atoms with Gasteiger partial charge in [0.05, 0.1) is 10.6 Å². The molecule has 7 heteroatoms. The predicted octanol–water partition coefficient (Wildman–Crippen LogP) is 3.15. The summed E-state index contributed by atoms with van der Waals surface area (Å²) in [6.45, 7) is 5.70. The van der Waals surface area contributed by atoms with E-state index in [0.717, 1.165) is 0 Å². The van der Waals surface area contributed by atoms with Crippen LogP contribution in [-0.2, 0) is 0 Å². The first-order valence-corrected chi connectivity index (χ1v) is 7.54. The Hall–Kier alpha value is -2.65. The van der Waals surface area contributed by atoms with Crippen molar-refractivity contribution in [2.45, 2.75) is 26.3 Å². The first-order valence-electron chi connectivity index (χ1n) is 7.16. The van der Waals surface area contributed by atoms with E-state index in [1.165, 1.54) is 23.5 Å². The molecule has 0 fully saturated rings. The summed E-state index contributed by atoms with van der Waals surface area (Å²) < 4.78 is 5.13. The van der Waals surface area contributed by atoms with Crippen molar-refractivity contribution in [1.82, 2.24) is 19.9 Å². The van der Waals surface area contributed by atoms with Crippen molar-refractivity contribution in [1.29, 1.82) is 0 Å². The van der Waals surface area contributed by atoms with Gasteiger partial charge in [-0.1, -0.05) is 23.4 Å². The van der Waals surface area contributed by atoms with Crippen molar-refractivity contribution in [2.75, 3.05) is 7.05 Å². The van der Waals surface area contributed by atoms with Crippen LogP contribution in [0.1, 0.15) is 31.9 Å².